The minimum Gasteiger partial charge on any atom is -0.466 e. The van der Waals surface area contributed by atoms with Crippen LogP contribution in [-0.2, 0) is 20.9 Å². The van der Waals surface area contributed by atoms with Crippen LogP contribution in [0.25, 0.3) is 0 Å². The van der Waals surface area contributed by atoms with Gasteiger partial charge in [0.15, 0.2) is 0 Å². The number of rotatable bonds is 5. The lowest BCUT2D eigenvalue weighted by atomic mass is 10.2. The number of amides is 1. The third kappa shape index (κ3) is 3.09. The fourth-order valence-corrected chi connectivity index (χ4v) is 1.91. The van der Waals surface area contributed by atoms with Crippen LogP contribution in [0.15, 0.2) is 30.3 Å². The maximum atomic E-state index is 11.8. The summed E-state index contributed by atoms with van der Waals surface area (Å²) in [4.78, 5) is 23.2. The summed E-state index contributed by atoms with van der Waals surface area (Å²) < 4.78 is 4.89. The zero-order chi connectivity index (χ0) is 13.0. The SMILES string of the molecule is CCOC(=O)C1CC1C(=O)NCc1ccccc1. The predicted octanol–water partition coefficient (Wildman–Crippen LogP) is 1.50. The molecule has 96 valence electrons. The molecule has 4 nitrogen and oxygen atoms in total. The summed E-state index contributed by atoms with van der Waals surface area (Å²) in [6.07, 6.45) is 0.611. The zero-order valence-corrected chi connectivity index (χ0v) is 10.4. The van der Waals surface area contributed by atoms with Crippen molar-refractivity contribution in [1.29, 1.82) is 0 Å². The van der Waals surface area contributed by atoms with Gasteiger partial charge >= 0.3 is 5.97 Å². The first kappa shape index (κ1) is 12.6. The number of benzene rings is 1. The molecule has 0 saturated heterocycles. The highest BCUT2D eigenvalue weighted by Crippen LogP contribution is 2.39. The summed E-state index contributed by atoms with van der Waals surface area (Å²) in [6.45, 7) is 2.64. The smallest absolute Gasteiger partial charge is 0.309 e. The summed E-state index contributed by atoms with van der Waals surface area (Å²) in [6, 6.07) is 9.70. The molecule has 1 aromatic rings. The van der Waals surface area contributed by atoms with Crippen molar-refractivity contribution in [2.45, 2.75) is 19.9 Å². The average molecular weight is 247 g/mol. The first-order valence-electron chi connectivity index (χ1n) is 6.20. The van der Waals surface area contributed by atoms with Gasteiger partial charge in [0.25, 0.3) is 0 Å². The van der Waals surface area contributed by atoms with Crippen molar-refractivity contribution in [2.24, 2.45) is 11.8 Å². The van der Waals surface area contributed by atoms with Gasteiger partial charge in [-0.2, -0.15) is 0 Å². The van der Waals surface area contributed by atoms with Gasteiger partial charge in [0.2, 0.25) is 5.91 Å². The fraction of sp³-hybridized carbons (Fsp3) is 0.429. The molecule has 0 radical (unpaired) electrons. The molecular formula is C14H17NO3. The Hall–Kier alpha value is -1.84. The lowest BCUT2D eigenvalue weighted by Crippen LogP contribution is -2.26. The van der Waals surface area contributed by atoms with E-state index in [0.29, 0.717) is 19.6 Å². The summed E-state index contributed by atoms with van der Waals surface area (Å²) in [5.74, 6) is -0.747. The fourth-order valence-electron chi connectivity index (χ4n) is 1.91. The number of carbonyl (C=O) groups is 2. The van der Waals surface area contributed by atoms with Crippen LogP contribution < -0.4 is 5.32 Å². The van der Waals surface area contributed by atoms with Gasteiger partial charge in [0.05, 0.1) is 18.4 Å². The highest BCUT2D eigenvalue weighted by molar-refractivity contribution is 5.90. The van der Waals surface area contributed by atoms with Crippen LogP contribution >= 0.6 is 0 Å². The molecule has 1 saturated carbocycles. The quantitative estimate of drug-likeness (QED) is 0.802. The van der Waals surface area contributed by atoms with Crippen LogP contribution in [0, 0.1) is 11.8 Å². The Kier molecular flexibility index (Phi) is 3.97. The van der Waals surface area contributed by atoms with Gasteiger partial charge in [-0.25, -0.2) is 0 Å². The summed E-state index contributed by atoms with van der Waals surface area (Å²) >= 11 is 0. The van der Waals surface area contributed by atoms with Crippen LogP contribution in [0.2, 0.25) is 0 Å². The lowest BCUT2D eigenvalue weighted by molar-refractivity contribution is -0.146. The number of ether oxygens (including phenoxy) is 1. The van der Waals surface area contributed by atoms with Crippen LogP contribution in [0.3, 0.4) is 0 Å². The van der Waals surface area contributed by atoms with Gasteiger partial charge in [-0.15, -0.1) is 0 Å². The molecule has 0 bridgehead atoms. The topological polar surface area (TPSA) is 55.4 Å². The standard InChI is InChI=1S/C14H17NO3/c1-2-18-14(17)12-8-11(12)13(16)15-9-10-6-4-3-5-7-10/h3-7,11-12H,2,8-9H2,1H3,(H,15,16). The molecule has 1 amide bonds. The van der Waals surface area contributed by atoms with E-state index in [2.05, 4.69) is 5.32 Å². The number of esters is 1. The molecule has 2 rings (SSSR count). The zero-order valence-electron chi connectivity index (χ0n) is 10.4. The van der Waals surface area contributed by atoms with E-state index < -0.39 is 0 Å². The largest absolute Gasteiger partial charge is 0.466 e. The van der Waals surface area contributed by atoms with E-state index in [-0.39, 0.29) is 23.7 Å². The third-order valence-electron chi connectivity index (χ3n) is 3.03. The van der Waals surface area contributed by atoms with Crippen molar-refractivity contribution < 1.29 is 14.3 Å². The highest BCUT2D eigenvalue weighted by atomic mass is 16.5. The van der Waals surface area contributed by atoms with Gasteiger partial charge < -0.3 is 10.1 Å². The molecule has 4 heteroatoms. The molecule has 1 aromatic carbocycles. The number of hydrogen-bond acceptors (Lipinski definition) is 3. The summed E-state index contributed by atoms with van der Waals surface area (Å²) in [5.41, 5.74) is 1.05. The molecule has 2 unspecified atom stereocenters. The van der Waals surface area contributed by atoms with Gasteiger partial charge in [-0.05, 0) is 18.9 Å². The first-order valence-corrected chi connectivity index (χ1v) is 6.20. The second-order valence-corrected chi connectivity index (χ2v) is 4.40. The van der Waals surface area contributed by atoms with Gasteiger partial charge in [0, 0.05) is 6.54 Å². The minimum atomic E-state index is -0.252. The predicted molar refractivity (Wildman–Crippen MR) is 66.5 cm³/mol. The molecule has 0 aromatic heterocycles. The normalized spacial score (nSPS) is 21.2. The van der Waals surface area contributed by atoms with Gasteiger partial charge in [0.1, 0.15) is 0 Å². The molecule has 1 aliphatic rings. The van der Waals surface area contributed by atoms with Crippen molar-refractivity contribution >= 4 is 11.9 Å². The van der Waals surface area contributed by atoms with Crippen LogP contribution in [0.1, 0.15) is 18.9 Å². The molecule has 1 aliphatic carbocycles. The Labute approximate surface area is 106 Å². The Morgan fingerprint density at radius 1 is 1.28 bits per heavy atom. The Morgan fingerprint density at radius 3 is 2.67 bits per heavy atom. The summed E-state index contributed by atoms with van der Waals surface area (Å²) in [5, 5.41) is 2.84. The van der Waals surface area contributed by atoms with E-state index in [1.165, 1.54) is 0 Å². The molecule has 0 aliphatic heterocycles. The molecule has 18 heavy (non-hydrogen) atoms. The van der Waals surface area contributed by atoms with Crippen molar-refractivity contribution in [2.75, 3.05) is 6.61 Å². The maximum Gasteiger partial charge on any atom is 0.309 e. The maximum absolute atomic E-state index is 11.8. The molecule has 1 N–H and O–H groups in total. The second kappa shape index (κ2) is 5.67. The molecule has 2 atom stereocenters. The van der Waals surface area contributed by atoms with Crippen LogP contribution in [-0.4, -0.2) is 18.5 Å². The molecule has 0 spiro atoms. The molecular weight excluding hydrogens is 230 g/mol. The van der Waals surface area contributed by atoms with E-state index in [1.807, 2.05) is 30.3 Å². The molecule has 1 fully saturated rings. The Balaban J connectivity index is 1.76. The minimum absolute atomic E-state index is 0.0584. The Bertz CT molecular complexity index is 430. The lowest BCUT2D eigenvalue weighted by Gasteiger charge is -2.05. The van der Waals surface area contributed by atoms with E-state index in [9.17, 15) is 9.59 Å². The monoisotopic (exact) mass is 247 g/mol. The van der Waals surface area contributed by atoms with Gasteiger partial charge in [-0.3, -0.25) is 9.59 Å². The Morgan fingerprint density at radius 2 is 2.00 bits per heavy atom. The number of carbonyl (C=O) groups excluding carboxylic acids is 2. The second-order valence-electron chi connectivity index (χ2n) is 4.40. The summed E-state index contributed by atoms with van der Waals surface area (Å²) in [7, 11) is 0. The van der Waals surface area contributed by atoms with Crippen LogP contribution in [0.4, 0.5) is 0 Å². The third-order valence-corrected chi connectivity index (χ3v) is 3.03. The van der Waals surface area contributed by atoms with E-state index in [4.69, 9.17) is 4.74 Å². The van der Waals surface area contributed by atoms with E-state index in [0.717, 1.165) is 5.56 Å². The first-order chi connectivity index (χ1) is 8.72. The number of nitrogens with one attached hydrogen (secondary N) is 1. The van der Waals surface area contributed by atoms with Crippen molar-refractivity contribution in [3.05, 3.63) is 35.9 Å². The highest BCUT2D eigenvalue weighted by Gasteiger charge is 2.48. The van der Waals surface area contributed by atoms with Crippen LogP contribution in [0.5, 0.6) is 0 Å². The van der Waals surface area contributed by atoms with Crippen molar-refractivity contribution in [3.63, 3.8) is 0 Å². The van der Waals surface area contributed by atoms with E-state index in [1.54, 1.807) is 6.92 Å². The number of hydrogen-bond donors (Lipinski definition) is 1. The van der Waals surface area contributed by atoms with E-state index >= 15 is 0 Å². The average Bonchev–Trinajstić information content (AvgIpc) is 3.18. The van der Waals surface area contributed by atoms with Crippen molar-refractivity contribution in [1.82, 2.24) is 5.32 Å². The molecule has 0 heterocycles. The van der Waals surface area contributed by atoms with Gasteiger partial charge in [-0.1, -0.05) is 30.3 Å². The van der Waals surface area contributed by atoms with Crippen molar-refractivity contribution in [3.8, 4) is 0 Å².